The Morgan fingerprint density at radius 3 is 2.56 bits per heavy atom. The molecular formula is C15H23N3. The molecule has 1 heterocycles. The number of nitrogens with zero attached hydrogens (tertiary/aromatic N) is 1. The summed E-state index contributed by atoms with van der Waals surface area (Å²) in [5.41, 5.74) is 8.76. The lowest BCUT2D eigenvalue weighted by Crippen LogP contribution is -2.33. The molecule has 0 aromatic heterocycles. The molecule has 3 N–H and O–H groups in total. The van der Waals surface area contributed by atoms with Crippen molar-refractivity contribution >= 4 is 11.5 Å². The summed E-state index contributed by atoms with van der Waals surface area (Å²) in [5, 5.41) is 7.51. The third-order valence-electron chi connectivity index (χ3n) is 4.06. The van der Waals surface area contributed by atoms with Gasteiger partial charge in [-0.25, -0.2) is 0 Å². The van der Waals surface area contributed by atoms with Crippen molar-refractivity contribution in [1.82, 2.24) is 0 Å². The highest BCUT2D eigenvalue weighted by Gasteiger charge is 2.18. The van der Waals surface area contributed by atoms with Crippen LogP contribution in [0.15, 0.2) is 18.2 Å². The van der Waals surface area contributed by atoms with Gasteiger partial charge in [0.1, 0.15) is 5.84 Å². The quantitative estimate of drug-likeness (QED) is 0.635. The molecule has 18 heavy (non-hydrogen) atoms. The molecule has 1 aliphatic heterocycles. The van der Waals surface area contributed by atoms with Crippen LogP contribution < -0.4 is 10.6 Å². The van der Waals surface area contributed by atoms with Gasteiger partial charge in [-0.15, -0.1) is 0 Å². The number of piperidine rings is 1. The number of amidine groups is 1. The van der Waals surface area contributed by atoms with Crippen LogP contribution in [0.5, 0.6) is 0 Å². The first-order valence-electron chi connectivity index (χ1n) is 6.81. The smallest absolute Gasteiger partial charge is 0.123 e. The Morgan fingerprint density at radius 1 is 1.39 bits per heavy atom. The lowest BCUT2D eigenvalue weighted by atomic mass is 9.94. The van der Waals surface area contributed by atoms with Crippen molar-refractivity contribution < 1.29 is 0 Å². The first-order valence-corrected chi connectivity index (χ1v) is 6.81. The highest BCUT2D eigenvalue weighted by atomic mass is 15.1. The summed E-state index contributed by atoms with van der Waals surface area (Å²) in [6.45, 7) is 6.61. The van der Waals surface area contributed by atoms with Crippen LogP contribution in [0.2, 0.25) is 0 Å². The molecule has 0 saturated carbocycles. The molecule has 3 nitrogen and oxygen atoms in total. The normalized spacial score (nSPS) is 16.9. The van der Waals surface area contributed by atoms with E-state index in [0.717, 1.165) is 30.1 Å². The van der Waals surface area contributed by atoms with E-state index in [4.69, 9.17) is 11.1 Å². The number of aryl methyl sites for hydroxylation is 1. The van der Waals surface area contributed by atoms with Gasteiger partial charge in [0.15, 0.2) is 0 Å². The van der Waals surface area contributed by atoms with Gasteiger partial charge in [-0.2, -0.15) is 0 Å². The minimum Gasteiger partial charge on any atom is -0.384 e. The predicted octanol–water partition coefficient (Wildman–Crippen LogP) is 2.91. The molecule has 2 rings (SSSR count). The maximum Gasteiger partial charge on any atom is 0.123 e. The number of hydrogen-bond donors (Lipinski definition) is 2. The van der Waals surface area contributed by atoms with Crippen LogP contribution >= 0.6 is 0 Å². The molecule has 0 unspecified atom stereocenters. The Balaban J connectivity index is 2.11. The second-order valence-corrected chi connectivity index (χ2v) is 5.25. The van der Waals surface area contributed by atoms with E-state index in [1.54, 1.807) is 0 Å². The van der Waals surface area contributed by atoms with E-state index >= 15 is 0 Å². The Kier molecular flexibility index (Phi) is 3.90. The van der Waals surface area contributed by atoms with E-state index in [1.807, 2.05) is 13.0 Å². The van der Waals surface area contributed by atoms with Gasteiger partial charge in [0, 0.05) is 24.3 Å². The molecule has 0 radical (unpaired) electrons. The van der Waals surface area contributed by atoms with E-state index in [1.165, 1.54) is 24.9 Å². The van der Waals surface area contributed by atoms with Gasteiger partial charge >= 0.3 is 0 Å². The molecule has 1 aromatic rings. The zero-order valence-corrected chi connectivity index (χ0v) is 11.4. The van der Waals surface area contributed by atoms with Crippen molar-refractivity contribution in [2.24, 2.45) is 11.7 Å². The first-order chi connectivity index (χ1) is 8.61. The van der Waals surface area contributed by atoms with Crippen LogP contribution in [0.4, 0.5) is 5.69 Å². The van der Waals surface area contributed by atoms with Crippen LogP contribution in [0.25, 0.3) is 0 Å². The van der Waals surface area contributed by atoms with Gasteiger partial charge in [0.25, 0.3) is 0 Å². The second kappa shape index (κ2) is 5.42. The van der Waals surface area contributed by atoms with Crippen molar-refractivity contribution in [3.8, 4) is 0 Å². The molecule has 3 heteroatoms. The van der Waals surface area contributed by atoms with Crippen molar-refractivity contribution in [2.75, 3.05) is 18.0 Å². The van der Waals surface area contributed by atoms with Gasteiger partial charge in [-0.3, -0.25) is 5.41 Å². The fourth-order valence-electron chi connectivity index (χ4n) is 2.75. The maximum absolute atomic E-state index is 7.51. The number of nitrogens with two attached hydrogens (primary N) is 1. The molecular weight excluding hydrogens is 222 g/mol. The van der Waals surface area contributed by atoms with Gasteiger partial charge < -0.3 is 10.6 Å². The third-order valence-corrected chi connectivity index (χ3v) is 4.06. The fourth-order valence-corrected chi connectivity index (χ4v) is 2.75. The summed E-state index contributed by atoms with van der Waals surface area (Å²) in [6, 6.07) is 6.22. The molecule has 0 bridgehead atoms. The van der Waals surface area contributed by atoms with Crippen LogP contribution in [-0.2, 0) is 0 Å². The van der Waals surface area contributed by atoms with Gasteiger partial charge in [-0.1, -0.05) is 13.3 Å². The minimum atomic E-state index is 0.156. The van der Waals surface area contributed by atoms with Gasteiger partial charge in [0.2, 0.25) is 0 Å². The van der Waals surface area contributed by atoms with Crippen LogP contribution in [0.1, 0.15) is 37.3 Å². The average molecular weight is 245 g/mol. The standard InChI is InChI=1S/C15H23N3/c1-3-12-6-8-18(9-7-12)13-4-5-14(15(16)17)11(2)10-13/h4-5,10,12H,3,6-9H2,1-2H3,(H3,16,17). The summed E-state index contributed by atoms with van der Waals surface area (Å²) < 4.78 is 0. The molecule has 0 spiro atoms. The molecule has 1 aliphatic rings. The summed E-state index contributed by atoms with van der Waals surface area (Å²) in [4.78, 5) is 2.45. The topological polar surface area (TPSA) is 53.1 Å². The van der Waals surface area contributed by atoms with E-state index in [-0.39, 0.29) is 5.84 Å². The Bertz CT molecular complexity index is 431. The summed E-state index contributed by atoms with van der Waals surface area (Å²) in [7, 11) is 0. The highest BCUT2D eigenvalue weighted by Crippen LogP contribution is 2.26. The SMILES string of the molecule is CCC1CCN(c2ccc(C(=N)N)c(C)c2)CC1. The van der Waals surface area contributed by atoms with Gasteiger partial charge in [-0.05, 0) is 49.4 Å². The molecule has 1 fully saturated rings. The van der Waals surface area contributed by atoms with Crippen LogP contribution in [0.3, 0.4) is 0 Å². The molecule has 0 aliphatic carbocycles. The number of hydrogen-bond acceptors (Lipinski definition) is 2. The van der Waals surface area contributed by atoms with Crippen LogP contribution in [-0.4, -0.2) is 18.9 Å². The summed E-state index contributed by atoms with van der Waals surface area (Å²) in [6.07, 6.45) is 3.89. The summed E-state index contributed by atoms with van der Waals surface area (Å²) >= 11 is 0. The molecule has 0 amide bonds. The molecule has 1 saturated heterocycles. The lowest BCUT2D eigenvalue weighted by molar-refractivity contribution is 0.395. The lowest BCUT2D eigenvalue weighted by Gasteiger charge is -2.33. The van der Waals surface area contributed by atoms with E-state index < -0.39 is 0 Å². The van der Waals surface area contributed by atoms with Crippen molar-refractivity contribution in [2.45, 2.75) is 33.1 Å². The number of nitrogen functional groups attached to an aromatic ring is 1. The van der Waals surface area contributed by atoms with Gasteiger partial charge in [0.05, 0.1) is 0 Å². The fraction of sp³-hybridized carbons (Fsp3) is 0.533. The first kappa shape index (κ1) is 12.9. The van der Waals surface area contributed by atoms with Crippen molar-refractivity contribution in [3.63, 3.8) is 0 Å². The minimum absolute atomic E-state index is 0.156. The maximum atomic E-state index is 7.51. The highest BCUT2D eigenvalue weighted by molar-refractivity contribution is 5.96. The average Bonchev–Trinajstić information content (AvgIpc) is 2.38. The number of anilines is 1. The zero-order valence-electron chi connectivity index (χ0n) is 11.4. The predicted molar refractivity (Wildman–Crippen MR) is 77.4 cm³/mol. The Hall–Kier alpha value is -1.51. The molecule has 0 atom stereocenters. The summed E-state index contributed by atoms with van der Waals surface area (Å²) in [5.74, 6) is 1.06. The largest absolute Gasteiger partial charge is 0.384 e. The van der Waals surface area contributed by atoms with E-state index in [2.05, 4.69) is 24.0 Å². The molecule has 1 aromatic carbocycles. The van der Waals surface area contributed by atoms with Crippen molar-refractivity contribution in [3.05, 3.63) is 29.3 Å². The molecule has 98 valence electrons. The van der Waals surface area contributed by atoms with E-state index in [0.29, 0.717) is 0 Å². The number of rotatable bonds is 3. The number of nitrogens with one attached hydrogen (secondary N) is 1. The second-order valence-electron chi connectivity index (χ2n) is 5.25. The monoisotopic (exact) mass is 245 g/mol. The third kappa shape index (κ3) is 2.66. The van der Waals surface area contributed by atoms with E-state index in [9.17, 15) is 0 Å². The zero-order chi connectivity index (χ0) is 13.1. The Morgan fingerprint density at radius 2 is 2.06 bits per heavy atom. The number of benzene rings is 1. The van der Waals surface area contributed by atoms with Crippen LogP contribution in [0, 0.1) is 18.3 Å². The Labute approximate surface area is 109 Å². The van der Waals surface area contributed by atoms with Crippen molar-refractivity contribution in [1.29, 1.82) is 5.41 Å².